The van der Waals surface area contributed by atoms with E-state index >= 15 is 0 Å². The highest BCUT2D eigenvalue weighted by Crippen LogP contribution is 2.15. The Kier molecular flexibility index (Phi) is 16.0. The van der Waals surface area contributed by atoms with Crippen LogP contribution in [0.1, 0.15) is 80.4 Å². The van der Waals surface area contributed by atoms with Crippen LogP contribution < -0.4 is 32.6 Å². The van der Waals surface area contributed by atoms with Crippen molar-refractivity contribution in [2.75, 3.05) is 0 Å². The van der Waals surface area contributed by atoms with Gasteiger partial charge in [-0.05, 0) is 64.5 Å². The van der Waals surface area contributed by atoms with Gasteiger partial charge in [-0.15, -0.1) is 5.53 Å². The molecule has 1 aliphatic rings. The standard InChI is InChI=1S/C40H57N7O8/c1-24(2)31(44-54-39(5,6)7)36(51)41-28(21-26-17-13-11-14-18-26)33(48)34(49)30-23-47(46-43-30)38(53)35(50)29(22-27-19-15-12-16-20-27)42-37(52)32(25(3)4)45-55-40(8,9)10/h11-20,23-25,28-29,31-32,43-46H,21-22H2,1-10H3,(H,41,51)(H,42,52). The zero-order valence-corrected chi connectivity index (χ0v) is 33.4. The van der Waals surface area contributed by atoms with E-state index in [9.17, 15) is 28.8 Å². The maximum absolute atomic E-state index is 13.8. The summed E-state index contributed by atoms with van der Waals surface area (Å²) in [5.41, 5.74) is 10.3. The lowest BCUT2D eigenvalue weighted by Crippen LogP contribution is -2.56. The number of nitrogens with one attached hydrogen (secondary N) is 6. The zero-order valence-electron chi connectivity index (χ0n) is 33.4. The number of hydrogen-bond acceptors (Lipinski definition) is 12. The Bertz CT molecular complexity index is 1680. The number of amides is 3. The van der Waals surface area contributed by atoms with E-state index in [4.69, 9.17) is 9.68 Å². The molecule has 0 saturated heterocycles. The first-order chi connectivity index (χ1) is 25.7. The summed E-state index contributed by atoms with van der Waals surface area (Å²) in [4.78, 5) is 93.1. The van der Waals surface area contributed by atoms with Crippen LogP contribution in [0.3, 0.4) is 0 Å². The van der Waals surface area contributed by atoms with Gasteiger partial charge in [-0.3, -0.25) is 43.9 Å². The molecule has 4 unspecified atom stereocenters. The summed E-state index contributed by atoms with van der Waals surface area (Å²) in [6, 6.07) is 13.4. The summed E-state index contributed by atoms with van der Waals surface area (Å²) in [5, 5.41) is 6.16. The number of rotatable bonds is 19. The fraction of sp³-hybridized carbons (Fsp3) is 0.500. The number of allylic oxidation sites excluding steroid dienone is 1. The van der Waals surface area contributed by atoms with Gasteiger partial charge >= 0.3 is 5.91 Å². The SMILES string of the molecule is CC(C)C(NOC(C)(C)C)C(=O)NC(Cc1ccccc1)C(=O)C(=O)C1=CN(C(=O)C(=O)C(Cc2ccccc2)NC(=O)C(NOC(C)(C)C)C(C)C)NN1. The van der Waals surface area contributed by atoms with E-state index in [1.54, 1.807) is 60.7 Å². The van der Waals surface area contributed by atoms with Crippen LogP contribution >= 0.6 is 0 Å². The van der Waals surface area contributed by atoms with Crippen LogP contribution in [-0.4, -0.2) is 75.4 Å². The number of benzene rings is 2. The third-order valence-electron chi connectivity index (χ3n) is 8.18. The Morgan fingerprint density at radius 3 is 1.42 bits per heavy atom. The summed E-state index contributed by atoms with van der Waals surface area (Å²) < 4.78 is 0. The van der Waals surface area contributed by atoms with Crippen LogP contribution in [0.25, 0.3) is 0 Å². The molecule has 0 aliphatic carbocycles. The summed E-state index contributed by atoms with van der Waals surface area (Å²) in [7, 11) is 0. The fourth-order valence-corrected chi connectivity index (χ4v) is 5.20. The normalized spacial score (nSPS) is 15.4. The number of hydrogen-bond donors (Lipinski definition) is 6. The quantitative estimate of drug-likeness (QED) is 0.0906. The van der Waals surface area contributed by atoms with E-state index < -0.39 is 70.4 Å². The first kappa shape index (κ1) is 44.6. The van der Waals surface area contributed by atoms with Crippen LogP contribution in [0.2, 0.25) is 0 Å². The van der Waals surface area contributed by atoms with Crippen molar-refractivity contribution >= 4 is 35.1 Å². The van der Waals surface area contributed by atoms with E-state index in [0.29, 0.717) is 11.1 Å². The van der Waals surface area contributed by atoms with Crippen molar-refractivity contribution < 1.29 is 38.4 Å². The molecule has 15 nitrogen and oxygen atoms in total. The maximum Gasteiger partial charge on any atom is 0.311 e. The second kappa shape index (κ2) is 19.7. The number of carbonyl (C=O) groups excluding carboxylic acids is 6. The monoisotopic (exact) mass is 763 g/mol. The number of hydroxylamine groups is 2. The first-order valence-electron chi connectivity index (χ1n) is 18.4. The highest BCUT2D eigenvalue weighted by molar-refractivity contribution is 6.45. The van der Waals surface area contributed by atoms with Gasteiger partial charge in [-0.25, -0.2) is 5.01 Å². The third-order valence-corrected chi connectivity index (χ3v) is 8.18. The average molecular weight is 764 g/mol. The first-order valence-corrected chi connectivity index (χ1v) is 18.4. The minimum atomic E-state index is -1.30. The van der Waals surface area contributed by atoms with Crippen molar-refractivity contribution in [1.82, 2.24) is 37.6 Å². The molecule has 0 saturated carbocycles. The van der Waals surface area contributed by atoms with Crippen molar-refractivity contribution in [3.63, 3.8) is 0 Å². The number of carbonyl (C=O) groups is 6. The van der Waals surface area contributed by atoms with E-state index in [-0.39, 0.29) is 30.4 Å². The Morgan fingerprint density at radius 1 is 0.636 bits per heavy atom. The van der Waals surface area contributed by atoms with Crippen molar-refractivity contribution in [1.29, 1.82) is 0 Å². The minimum absolute atomic E-state index is 0.00216. The Balaban J connectivity index is 1.83. The molecule has 0 bridgehead atoms. The van der Waals surface area contributed by atoms with Crippen LogP contribution in [0.4, 0.5) is 0 Å². The minimum Gasteiger partial charge on any atom is -0.344 e. The van der Waals surface area contributed by atoms with Gasteiger partial charge in [0.25, 0.3) is 0 Å². The lowest BCUT2D eigenvalue weighted by atomic mass is 9.97. The molecular formula is C40H57N7O8. The van der Waals surface area contributed by atoms with Gasteiger partial charge in [-0.1, -0.05) is 88.4 Å². The van der Waals surface area contributed by atoms with Gasteiger partial charge < -0.3 is 10.6 Å². The smallest absolute Gasteiger partial charge is 0.311 e. The van der Waals surface area contributed by atoms with Gasteiger partial charge in [0.2, 0.25) is 29.2 Å². The second-order valence-electron chi connectivity index (χ2n) is 16.1. The van der Waals surface area contributed by atoms with E-state index in [2.05, 4.69) is 32.6 Å². The lowest BCUT2D eigenvalue weighted by molar-refractivity contribution is -0.147. The molecule has 0 radical (unpaired) electrons. The molecular weight excluding hydrogens is 706 g/mol. The molecule has 1 heterocycles. The van der Waals surface area contributed by atoms with E-state index in [1.165, 1.54) is 0 Å². The van der Waals surface area contributed by atoms with E-state index in [1.807, 2.05) is 69.2 Å². The van der Waals surface area contributed by atoms with E-state index in [0.717, 1.165) is 11.2 Å². The van der Waals surface area contributed by atoms with Gasteiger partial charge in [0.15, 0.2) is 0 Å². The number of Topliss-reactive ketones (excluding diaryl/α,β-unsaturated/α-hetero) is 3. The molecule has 6 N–H and O–H groups in total. The summed E-state index contributed by atoms with van der Waals surface area (Å²) in [5.74, 6) is -5.70. The number of ketones is 3. The largest absolute Gasteiger partial charge is 0.344 e. The Hall–Kier alpha value is -4.80. The molecule has 1 aliphatic heterocycles. The molecule has 0 aromatic heterocycles. The second-order valence-corrected chi connectivity index (χ2v) is 16.1. The maximum atomic E-state index is 13.8. The van der Waals surface area contributed by atoms with Gasteiger partial charge in [0, 0.05) is 12.8 Å². The van der Waals surface area contributed by atoms with Crippen LogP contribution in [0.15, 0.2) is 72.6 Å². The third kappa shape index (κ3) is 14.1. The van der Waals surface area contributed by atoms with Gasteiger partial charge in [0.05, 0.1) is 23.4 Å². The predicted molar refractivity (Wildman–Crippen MR) is 206 cm³/mol. The van der Waals surface area contributed by atoms with Crippen molar-refractivity contribution in [3.05, 3.63) is 83.7 Å². The summed E-state index contributed by atoms with van der Waals surface area (Å²) >= 11 is 0. The molecule has 2 aromatic carbocycles. The van der Waals surface area contributed by atoms with Crippen molar-refractivity contribution in [3.8, 4) is 0 Å². The molecule has 4 atom stereocenters. The van der Waals surface area contributed by atoms with Crippen LogP contribution in [-0.2, 0) is 51.3 Å². The fourth-order valence-electron chi connectivity index (χ4n) is 5.20. The van der Waals surface area contributed by atoms with Crippen molar-refractivity contribution in [2.45, 2.75) is 117 Å². The predicted octanol–water partition coefficient (Wildman–Crippen LogP) is 2.53. The van der Waals surface area contributed by atoms with Gasteiger partial charge in [0.1, 0.15) is 23.8 Å². The molecule has 3 rings (SSSR count). The molecule has 0 spiro atoms. The zero-order chi connectivity index (χ0) is 41.1. The van der Waals surface area contributed by atoms with Crippen LogP contribution in [0, 0.1) is 11.8 Å². The summed E-state index contributed by atoms with van der Waals surface area (Å²) in [6.45, 7) is 18.1. The highest BCUT2D eigenvalue weighted by atomic mass is 16.7. The Labute approximate surface area is 323 Å². The summed E-state index contributed by atoms with van der Waals surface area (Å²) in [6.07, 6.45) is 0.984. The van der Waals surface area contributed by atoms with Gasteiger partial charge in [-0.2, -0.15) is 11.0 Å². The lowest BCUT2D eigenvalue weighted by Gasteiger charge is -2.28. The molecule has 3 amide bonds. The molecule has 2 aromatic rings. The van der Waals surface area contributed by atoms with Crippen molar-refractivity contribution in [2.24, 2.45) is 11.8 Å². The number of hydrazine groups is 2. The highest BCUT2D eigenvalue weighted by Gasteiger charge is 2.38. The molecule has 300 valence electrons. The number of nitrogens with zero attached hydrogens (tertiary/aromatic N) is 1. The molecule has 15 heteroatoms. The van der Waals surface area contributed by atoms with Crippen LogP contribution in [0.5, 0.6) is 0 Å². The topological polar surface area (TPSA) is 196 Å². The molecule has 0 fully saturated rings. The Morgan fingerprint density at radius 2 is 1.04 bits per heavy atom. The molecule has 55 heavy (non-hydrogen) atoms. The average Bonchev–Trinajstić information content (AvgIpc) is 3.60.